The van der Waals surface area contributed by atoms with Crippen LogP contribution in [-0.4, -0.2) is 10.2 Å². The minimum Gasteiger partial charge on any atom is -0.484 e. The number of ether oxygens (including phenoxy) is 1. The van der Waals surface area contributed by atoms with Crippen molar-refractivity contribution in [2.24, 2.45) is 0 Å². The summed E-state index contributed by atoms with van der Waals surface area (Å²) in [5.74, 6) is 1.68. The van der Waals surface area contributed by atoms with E-state index < -0.39 is 0 Å². The highest BCUT2D eigenvalue weighted by atomic mass is 35.5. The van der Waals surface area contributed by atoms with Crippen LogP contribution in [0.5, 0.6) is 5.75 Å². The van der Waals surface area contributed by atoms with Crippen molar-refractivity contribution in [2.45, 2.75) is 20.5 Å². The van der Waals surface area contributed by atoms with Gasteiger partial charge in [0.15, 0.2) is 6.61 Å². The summed E-state index contributed by atoms with van der Waals surface area (Å²) in [5.41, 5.74) is 3.08. The number of hydrogen-bond acceptors (Lipinski definition) is 4. The Kier molecular flexibility index (Phi) is 4.11. The number of rotatable bonds is 4. The molecule has 0 saturated carbocycles. The molecule has 0 aliphatic rings. The first-order valence-corrected chi connectivity index (χ1v) is 7.28. The first kappa shape index (κ1) is 14.6. The lowest BCUT2D eigenvalue weighted by Crippen LogP contribution is -1.98. The summed E-state index contributed by atoms with van der Waals surface area (Å²) in [6, 6.07) is 13.2. The fourth-order valence-corrected chi connectivity index (χ4v) is 2.26. The van der Waals surface area contributed by atoms with Gasteiger partial charge < -0.3 is 9.15 Å². The van der Waals surface area contributed by atoms with Crippen molar-refractivity contribution in [3.8, 4) is 17.2 Å². The van der Waals surface area contributed by atoms with Crippen LogP contribution in [0.1, 0.15) is 17.0 Å². The summed E-state index contributed by atoms with van der Waals surface area (Å²) in [7, 11) is 0. The van der Waals surface area contributed by atoms with E-state index >= 15 is 0 Å². The Morgan fingerprint density at radius 2 is 1.91 bits per heavy atom. The number of benzene rings is 2. The van der Waals surface area contributed by atoms with E-state index in [0.717, 1.165) is 16.9 Å². The monoisotopic (exact) mass is 314 g/mol. The second-order valence-corrected chi connectivity index (χ2v) is 5.43. The van der Waals surface area contributed by atoms with Crippen LogP contribution >= 0.6 is 11.6 Å². The molecule has 3 rings (SSSR count). The molecule has 5 heteroatoms. The highest BCUT2D eigenvalue weighted by Gasteiger charge is 2.10. The van der Waals surface area contributed by atoms with Crippen LogP contribution in [0.2, 0.25) is 5.02 Å². The van der Waals surface area contributed by atoms with Gasteiger partial charge in [-0.3, -0.25) is 0 Å². The molecule has 0 atom stereocenters. The van der Waals surface area contributed by atoms with Crippen LogP contribution < -0.4 is 4.74 Å². The third-order valence-electron chi connectivity index (χ3n) is 3.44. The van der Waals surface area contributed by atoms with Gasteiger partial charge in [-0.15, -0.1) is 10.2 Å². The molecule has 0 fully saturated rings. The minimum absolute atomic E-state index is 0.234. The zero-order chi connectivity index (χ0) is 15.5. The largest absolute Gasteiger partial charge is 0.484 e. The Labute approximate surface area is 133 Å². The summed E-state index contributed by atoms with van der Waals surface area (Å²) in [4.78, 5) is 0. The van der Waals surface area contributed by atoms with Crippen LogP contribution in [0.25, 0.3) is 11.5 Å². The molecule has 3 aromatic rings. The molecule has 112 valence electrons. The molecule has 0 amide bonds. The lowest BCUT2D eigenvalue weighted by atomic mass is 10.1. The van der Waals surface area contributed by atoms with E-state index in [2.05, 4.69) is 10.2 Å². The molecule has 0 bridgehead atoms. The maximum absolute atomic E-state index is 5.96. The summed E-state index contributed by atoms with van der Waals surface area (Å²) in [6.07, 6.45) is 0. The molecule has 1 aromatic heterocycles. The standard InChI is InChI=1S/C17H15ClN2O2/c1-11-5-3-8-15(12(11)2)21-10-16-19-20-17(22-16)13-6-4-7-14(18)9-13/h3-9H,10H2,1-2H3. The number of aromatic nitrogens is 2. The van der Waals surface area contributed by atoms with E-state index in [1.807, 2.05) is 44.2 Å². The van der Waals surface area contributed by atoms with Crippen molar-refractivity contribution in [1.82, 2.24) is 10.2 Å². The van der Waals surface area contributed by atoms with Gasteiger partial charge >= 0.3 is 0 Å². The molecular formula is C17H15ClN2O2. The molecule has 22 heavy (non-hydrogen) atoms. The van der Waals surface area contributed by atoms with Gasteiger partial charge in [-0.05, 0) is 49.2 Å². The fraction of sp³-hybridized carbons (Fsp3) is 0.176. The zero-order valence-corrected chi connectivity index (χ0v) is 13.1. The van der Waals surface area contributed by atoms with Crippen LogP contribution in [0.15, 0.2) is 46.9 Å². The molecular weight excluding hydrogens is 300 g/mol. The van der Waals surface area contributed by atoms with E-state index in [1.54, 1.807) is 12.1 Å². The fourth-order valence-electron chi connectivity index (χ4n) is 2.07. The Bertz CT molecular complexity index is 799. The van der Waals surface area contributed by atoms with Crippen LogP contribution in [-0.2, 0) is 6.61 Å². The predicted molar refractivity (Wildman–Crippen MR) is 85.0 cm³/mol. The molecule has 2 aromatic carbocycles. The number of hydrogen-bond donors (Lipinski definition) is 0. The molecule has 0 aliphatic carbocycles. The number of aryl methyl sites for hydroxylation is 1. The highest BCUT2D eigenvalue weighted by molar-refractivity contribution is 6.30. The lowest BCUT2D eigenvalue weighted by Gasteiger charge is -2.08. The molecule has 0 N–H and O–H groups in total. The average Bonchev–Trinajstić information content (AvgIpc) is 2.98. The normalized spacial score (nSPS) is 10.7. The molecule has 0 unspecified atom stereocenters. The van der Waals surface area contributed by atoms with Gasteiger partial charge in [0.25, 0.3) is 5.89 Å². The van der Waals surface area contributed by atoms with E-state index in [-0.39, 0.29) is 6.61 Å². The SMILES string of the molecule is Cc1cccc(OCc2nnc(-c3cccc(Cl)c3)o2)c1C. The lowest BCUT2D eigenvalue weighted by molar-refractivity contribution is 0.263. The third-order valence-corrected chi connectivity index (χ3v) is 3.68. The number of halogens is 1. The molecule has 0 spiro atoms. The number of nitrogens with zero attached hydrogens (tertiary/aromatic N) is 2. The zero-order valence-electron chi connectivity index (χ0n) is 12.3. The van der Waals surface area contributed by atoms with E-state index in [4.69, 9.17) is 20.8 Å². The third kappa shape index (κ3) is 3.12. The second kappa shape index (κ2) is 6.20. The van der Waals surface area contributed by atoms with E-state index in [0.29, 0.717) is 16.8 Å². The minimum atomic E-state index is 0.234. The summed E-state index contributed by atoms with van der Waals surface area (Å²) >= 11 is 5.96. The van der Waals surface area contributed by atoms with Gasteiger partial charge in [0.05, 0.1) is 0 Å². The molecule has 0 aliphatic heterocycles. The maximum atomic E-state index is 5.96. The van der Waals surface area contributed by atoms with Crippen molar-refractivity contribution in [1.29, 1.82) is 0 Å². The van der Waals surface area contributed by atoms with Crippen LogP contribution in [0.3, 0.4) is 0 Å². The predicted octanol–water partition coefficient (Wildman–Crippen LogP) is 4.59. The van der Waals surface area contributed by atoms with E-state index in [1.165, 1.54) is 5.56 Å². The smallest absolute Gasteiger partial charge is 0.254 e. The van der Waals surface area contributed by atoms with Crippen molar-refractivity contribution >= 4 is 11.6 Å². The van der Waals surface area contributed by atoms with Gasteiger partial charge in [-0.1, -0.05) is 29.8 Å². The summed E-state index contributed by atoms with van der Waals surface area (Å²) in [5, 5.41) is 8.66. The van der Waals surface area contributed by atoms with E-state index in [9.17, 15) is 0 Å². The van der Waals surface area contributed by atoms with Gasteiger partial charge in [-0.25, -0.2) is 0 Å². The van der Waals surface area contributed by atoms with Crippen molar-refractivity contribution in [3.05, 3.63) is 64.5 Å². The van der Waals surface area contributed by atoms with Gasteiger partial charge in [0.1, 0.15) is 5.75 Å². The van der Waals surface area contributed by atoms with Crippen molar-refractivity contribution < 1.29 is 9.15 Å². The summed E-state index contributed by atoms with van der Waals surface area (Å²) in [6.45, 7) is 4.31. The van der Waals surface area contributed by atoms with Crippen molar-refractivity contribution in [3.63, 3.8) is 0 Å². The van der Waals surface area contributed by atoms with Crippen molar-refractivity contribution in [2.75, 3.05) is 0 Å². The Morgan fingerprint density at radius 3 is 2.73 bits per heavy atom. The van der Waals surface area contributed by atoms with Gasteiger partial charge in [0, 0.05) is 10.6 Å². The van der Waals surface area contributed by atoms with Gasteiger partial charge in [0.2, 0.25) is 5.89 Å². The topological polar surface area (TPSA) is 48.2 Å². The average molecular weight is 315 g/mol. The van der Waals surface area contributed by atoms with Crippen LogP contribution in [0.4, 0.5) is 0 Å². The van der Waals surface area contributed by atoms with Crippen LogP contribution in [0, 0.1) is 13.8 Å². The Balaban J connectivity index is 1.73. The second-order valence-electron chi connectivity index (χ2n) is 5.00. The summed E-state index contributed by atoms with van der Waals surface area (Å²) < 4.78 is 11.4. The Morgan fingerprint density at radius 1 is 1.09 bits per heavy atom. The first-order chi connectivity index (χ1) is 10.6. The quantitative estimate of drug-likeness (QED) is 0.707. The Hall–Kier alpha value is -2.33. The molecule has 0 saturated heterocycles. The first-order valence-electron chi connectivity index (χ1n) is 6.91. The molecule has 1 heterocycles. The molecule has 0 radical (unpaired) electrons. The maximum Gasteiger partial charge on any atom is 0.254 e. The highest BCUT2D eigenvalue weighted by Crippen LogP contribution is 2.24. The molecule has 4 nitrogen and oxygen atoms in total. The van der Waals surface area contributed by atoms with Gasteiger partial charge in [-0.2, -0.15) is 0 Å².